The van der Waals surface area contributed by atoms with E-state index in [1.807, 2.05) is 19.3 Å². The summed E-state index contributed by atoms with van der Waals surface area (Å²) in [6.07, 6.45) is 3.58. The van der Waals surface area contributed by atoms with Gasteiger partial charge in [-0.2, -0.15) is 5.10 Å². The Morgan fingerprint density at radius 3 is 2.76 bits per heavy atom. The highest BCUT2D eigenvalue weighted by Gasteiger charge is 2.08. The largest absolute Gasteiger partial charge is 0.478 e. The number of amides is 1. The molecule has 108 valence electrons. The fourth-order valence-corrected chi connectivity index (χ4v) is 2.33. The minimum absolute atomic E-state index is 0.505. The lowest BCUT2D eigenvalue weighted by atomic mass is 10.1. The van der Waals surface area contributed by atoms with Crippen molar-refractivity contribution in [3.63, 3.8) is 0 Å². The molecule has 6 nitrogen and oxygen atoms in total. The first-order chi connectivity index (χ1) is 9.95. The number of hydrogen-bond donors (Lipinski definition) is 2. The predicted octanol–water partition coefficient (Wildman–Crippen LogP) is 2.43. The van der Waals surface area contributed by atoms with Crippen LogP contribution in [0.3, 0.4) is 0 Å². The molecule has 0 atom stereocenters. The van der Waals surface area contributed by atoms with E-state index in [1.54, 1.807) is 22.9 Å². The Bertz CT molecular complexity index is 722. The van der Waals surface area contributed by atoms with Gasteiger partial charge in [0.15, 0.2) is 0 Å². The Labute approximate surface area is 129 Å². The summed E-state index contributed by atoms with van der Waals surface area (Å²) < 4.78 is 2.53. The van der Waals surface area contributed by atoms with Crippen molar-refractivity contribution in [3.05, 3.63) is 47.1 Å². The van der Waals surface area contributed by atoms with Gasteiger partial charge in [0.1, 0.15) is 5.69 Å². The summed E-state index contributed by atoms with van der Waals surface area (Å²) in [6, 6.07) is 7.13. The number of carboxylic acid groups (broad SMARTS) is 1. The van der Waals surface area contributed by atoms with Crippen LogP contribution in [-0.4, -0.2) is 26.8 Å². The second kappa shape index (κ2) is 6.36. The average Bonchev–Trinajstić information content (AvgIpc) is 2.76. The quantitative estimate of drug-likeness (QED) is 0.830. The monoisotopic (exact) mass is 349 g/mol. The standard InChI is InChI=1S/C14H12BrN3O3/c1-18-8-11(15)14(17-18)9-3-2-4-10(7-9)16-12(19)5-6-13(20)21/h2-8H,1H3,(H,16,19)(H,20,21)/b6-5+. The molecule has 2 N–H and O–H groups in total. The van der Waals surface area contributed by atoms with Crippen LogP contribution in [0.15, 0.2) is 47.1 Å². The van der Waals surface area contributed by atoms with Crippen molar-refractivity contribution in [1.29, 1.82) is 0 Å². The van der Waals surface area contributed by atoms with Crippen LogP contribution in [0.25, 0.3) is 11.3 Å². The summed E-state index contributed by atoms with van der Waals surface area (Å²) >= 11 is 3.42. The Morgan fingerprint density at radius 2 is 2.14 bits per heavy atom. The molecular formula is C14H12BrN3O3. The van der Waals surface area contributed by atoms with E-state index in [1.165, 1.54) is 0 Å². The number of nitrogens with zero attached hydrogens (tertiary/aromatic N) is 2. The number of carboxylic acids is 1. The Kier molecular flexibility index (Phi) is 4.54. The van der Waals surface area contributed by atoms with Crippen molar-refractivity contribution in [2.24, 2.45) is 7.05 Å². The first kappa shape index (κ1) is 15.0. The second-order valence-electron chi connectivity index (χ2n) is 4.24. The molecule has 1 heterocycles. The van der Waals surface area contributed by atoms with Gasteiger partial charge in [0.05, 0.1) is 4.47 Å². The number of aromatic nitrogens is 2. The smallest absolute Gasteiger partial charge is 0.328 e. The van der Waals surface area contributed by atoms with Gasteiger partial charge in [-0.3, -0.25) is 9.48 Å². The second-order valence-corrected chi connectivity index (χ2v) is 5.10. The van der Waals surface area contributed by atoms with E-state index in [9.17, 15) is 9.59 Å². The van der Waals surface area contributed by atoms with Crippen LogP contribution < -0.4 is 5.32 Å². The van der Waals surface area contributed by atoms with Crippen molar-refractivity contribution in [2.45, 2.75) is 0 Å². The number of halogens is 1. The van der Waals surface area contributed by atoms with Crippen LogP contribution >= 0.6 is 15.9 Å². The molecule has 0 saturated carbocycles. The van der Waals surface area contributed by atoms with Gasteiger partial charge < -0.3 is 10.4 Å². The maximum Gasteiger partial charge on any atom is 0.328 e. The zero-order valence-electron chi connectivity index (χ0n) is 11.1. The molecule has 1 aromatic heterocycles. The summed E-state index contributed by atoms with van der Waals surface area (Å²) in [7, 11) is 1.82. The predicted molar refractivity (Wildman–Crippen MR) is 81.7 cm³/mol. The zero-order chi connectivity index (χ0) is 15.4. The van der Waals surface area contributed by atoms with E-state index < -0.39 is 11.9 Å². The zero-order valence-corrected chi connectivity index (χ0v) is 12.7. The first-order valence-corrected chi connectivity index (χ1v) is 6.76. The SMILES string of the molecule is Cn1cc(Br)c(-c2cccc(NC(=O)/C=C/C(=O)O)c2)n1. The Hall–Kier alpha value is -2.41. The van der Waals surface area contributed by atoms with Crippen molar-refractivity contribution in [3.8, 4) is 11.3 Å². The maximum atomic E-state index is 11.5. The van der Waals surface area contributed by atoms with Crippen molar-refractivity contribution >= 4 is 33.5 Å². The third-order valence-electron chi connectivity index (χ3n) is 2.56. The van der Waals surface area contributed by atoms with E-state index in [0.29, 0.717) is 5.69 Å². The number of hydrogen-bond acceptors (Lipinski definition) is 3. The lowest BCUT2D eigenvalue weighted by Gasteiger charge is -2.04. The molecule has 0 radical (unpaired) electrons. The number of carbonyl (C=O) groups is 2. The Morgan fingerprint density at radius 1 is 1.38 bits per heavy atom. The fraction of sp³-hybridized carbons (Fsp3) is 0.0714. The molecule has 0 unspecified atom stereocenters. The van der Waals surface area contributed by atoms with E-state index in [4.69, 9.17) is 5.11 Å². The van der Waals surface area contributed by atoms with Gasteiger partial charge in [-0.05, 0) is 28.1 Å². The number of aliphatic carboxylic acids is 1. The Balaban J connectivity index is 2.20. The van der Waals surface area contributed by atoms with E-state index in [0.717, 1.165) is 27.9 Å². The fourth-order valence-electron chi connectivity index (χ4n) is 1.73. The summed E-state index contributed by atoms with van der Waals surface area (Å²) in [5.41, 5.74) is 2.15. The normalized spacial score (nSPS) is 10.8. The molecule has 0 aliphatic rings. The number of benzene rings is 1. The molecule has 0 bridgehead atoms. The van der Waals surface area contributed by atoms with Crippen LogP contribution in [0.1, 0.15) is 0 Å². The molecule has 7 heteroatoms. The van der Waals surface area contributed by atoms with Crippen molar-refractivity contribution in [2.75, 3.05) is 5.32 Å². The van der Waals surface area contributed by atoms with E-state index >= 15 is 0 Å². The van der Waals surface area contributed by atoms with Crippen molar-refractivity contribution < 1.29 is 14.7 Å². The number of anilines is 1. The lowest BCUT2D eigenvalue weighted by Crippen LogP contribution is -2.08. The molecule has 0 saturated heterocycles. The van der Waals surface area contributed by atoms with Gasteiger partial charge in [-0.15, -0.1) is 0 Å². The molecular weight excluding hydrogens is 338 g/mol. The van der Waals surface area contributed by atoms with Crippen LogP contribution in [0.5, 0.6) is 0 Å². The molecule has 0 fully saturated rings. The number of rotatable bonds is 4. The summed E-state index contributed by atoms with van der Waals surface area (Å²) in [5.74, 6) is -1.68. The van der Waals surface area contributed by atoms with E-state index in [-0.39, 0.29) is 0 Å². The highest BCUT2D eigenvalue weighted by Crippen LogP contribution is 2.28. The van der Waals surface area contributed by atoms with Gasteiger partial charge in [0, 0.05) is 36.6 Å². The summed E-state index contributed by atoms with van der Waals surface area (Å²) in [6.45, 7) is 0. The third-order valence-corrected chi connectivity index (χ3v) is 3.15. The maximum absolute atomic E-state index is 11.5. The van der Waals surface area contributed by atoms with Gasteiger partial charge in [0.2, 0.25) is 5.91 Å². The molecule has 1 aromatic carbocycles. The third kappa shape index (κ3) is 4.03. The average molecular weight is 350 g/mol. The number of carbonyl (C=O) groups excluding carboxylic acids is 1. The van der Waals surface area contributed by atoms with Gasteiger partial charge in [-0.25, -0.2) is 4.79 Å². The molecule has 2 aromatic rings. The minimum atomic E-state index is -1.17. The molecule has 21 heavy (non-hydrogen) atoms. The van der Waals surface area contributed by atoms with Gasteiger partial charge >= 0.3 is 5.97 Å². The number of aryl methyl sites for hydroxylation is 1. The molecule has 1 amide bonds. The summed E-state index contributed by atoms with van der Waals surface area (Å²) in [4.78, 5) is 21.9. The van der Waals surface area contributed by atoms with Gasteiger partial charge in [-0.1, -0.05) is 12.1 Å². The highest BCUT2D eigenvalue weighted by atomic mass is 79.9. The van der Waals surface area contributed by atoms with Crippen LogP contribution in [-0.2, 0) is 16.6 Å². The highest BCUT2D eigenvalue weighted by molar-refractivity contribution is 9.10. The molecule has 0 aliphatic carbocycles. The first-order valence-electron chi connectivity index (χ1n) is 5.97. The molecule has 2 rings (SSSR count). The molecule has 0 spiro atoms. The topological polar surface area (TPSA) is 84.2 Å². The minimum Gasteiger partial charge on any atom is -0.478 e. The number of nitrogens with one attached hydrogen (secondary N) is 1. The molecule has 0 aliphatic heterocycles. The van der Waals surface area contributed by atoms with Crippen LogP contribution in [0.2, 0.25) is 0 Å². The summed E-state index contributed by atoms with van der Waals surface area (Å²) in [5, 5.41) is 15.4. The van der Waals surface area contributed by atoms with Crippen LogP contribution in [0.4, 0.5) is 5.69 Å². The van der Waals surface area contributed by atoms with E-state index in [2.05, 4.69) is 26.3 Å². The van der Waals surface area contributed by atoms with Crippen LogP contribution in [0, 0.1) is 0 Å². The van der Waals surface area contributed by atoms with Gasteiger partial charge in [0.25, 0.3) is 0 Å². The van der Waals surface area contributed by atoms with Crippen molar-refractivity contribution in [1.82, 2.24) is 9.78 Å². The lowest BCUT2D eigenvalue weighted by molar-refractivity contribution is -0.131.